The van der Waals surface area contributed by atoms with Crippen molar-refractivity contribution in [2.45, 2.75) is 31.6 Å². The van der Waals surface area contributed by atoms with Crippen molar-refractivity contribution in [3.63, 3.8) is 0 Å². The Kier molecular flexibility index (Phi) is 6.62. The summed E-state index contributed by atoms with van der Waals surface area (Å²) in [5.74, 6) is -1.31. The molecule has 4 nitrogen and oxygen atoms in total. The maximum absolute atomic E-state index is 13.7. The third-order valence-electron chi connectivity index (χ3n) is 2.66. The van der Waals surface area contributed by atoms with Gasteiger partial charge < -0.3 is 4.74 Å². The Hall–Kier alpha value is -0.660. The molecular formula is C13H15BrClFO4S. The summed E-state index contributed by atoms with van der Waals surface area (Å²) in [6.07, 6.45) is 1.53. The number of halogens is 3. The van der Waals surface area contributed by atoms with Gasteiger partial charge in [-0.2, -0.15) is 0 Å². The highest BCUT2D eigenvalue weighted by molar-refractivity contribution is 9.10. The second-order valence-corrected chi connectivity index (χ2v) is 8.26. The summed E-state index contributed by atoms with van der Waals surface area (Å²) in [6, 6.07) is 1.74. The minimum atomic E-state index is -4.09. The SMILES string of the molecule is CC(C)CCCOC(=O)c1cc(S(=O)(=O)Cl)c(Br)cc1F. The van der Waals surface area contributed by atoms with Gasteiger partial charge in [0.15, 0.2) is 0 Å². The van der Waals surface area contributed by atoms with E-state index in [0.29, 0.717) is 12.3 Å². The monoisotopic (exact) mass is 400 g/mol. The van der Waals surface area contributed by atoms with Gasteiger partial charge in [0.05, 0.1) is 17.1 Å². The van der Waals surface area contributed by atoms with Gasteiger partial charge in [-0.25, -0.2) is 17.6 Å². The van der Waals surface area contributed by atoms with Gasteiger partial charge in [-0.3, -0.25) is 0 Å². The van der Waals surface area contributed by atoms with Crippen molar-refractivity contribution < 1.29 is 22.3 Å². The molecule has 0 aliphatic heterocycles. The number of esters is 1. The molecule has 0 aromatic heterocycles. The summed E-state index contributed by atoms with van der Waals surface area (Å²) in [5, 5.41) is 0. The molecule has 0 fully saturated rings. The van der Waals surface area contributed by atoms with E-state index in [2.05, 4.69) is 15.9 Å². The first-order valence-electron chi connectivity index (χ1n) is 6.23. The lowest BCUT2D eigenvalue weighted by Crippen LogP contribution is -2.10. The Balaban J connectivity index is 2.90. The van der Waals surface area contributed by atoms with Crippen LogP contribution in [0.2, 0.25) is 0 Å². The van der Waals surface area contributed by atoms with E-state index in [0.717, 1.165) is 18.6 Å². The molecule has 0 aliphatic rings. The van der Waals surface area contributed by atoms with E-state index in [1.165, 1.54) is 0 Å². The van der Waals surface area contributed by atoms with Gasteiger partial charge in [-0.05, 0) is 46.8 Å². The lowest BCUT2D eigenvalue weighted by atomic mass is 10.1. The number of hydrogen-bond acceptors (Lipinski definition) is 4. The lowest BCUT2D eigenvalue weighted by molar-refractivity contribution is 0.0489. The summed E-state index contributed by atoms with van der Waals surface area (Å²) in [4.78, 5) is 11.4. The Morgan fingerprint density at radius 2 is 2.05 bits per heavy atom. The van der Waals surface area contributed by atoms with Gasteiger partial charge in [0.25, 0.3) is 9.05 Å². The zero-order valence-electron chi connectivity index (χ0n) is 11.5. The van der Waals surface area contributed by atoms with Crippen LogP contribution in [-0.4, -0.2) is 21.0 Å². The molecule has 0 bridgehead atoms. The number of rotatable bonds is 6. The Labute approximate surface area is 136 Å². The summed E-state index contributed by atoms with van der Waals surface area (Å²) in [6.45, 7) is 4.22. The third kappa shape index (κ3) is 5.56. The van der Waals surface area contributed by atoms with E-state index in [9.17, 15) is 17.6 Å². The maximum atomic E-state index is 13.7. The second-order valence-electron chi connectivity index (χ2n) is 4.87. The summed E-state index contributed by atoms with van der Waals surface area (Å²) in [7, 11) is 1.13. The molecule has 0 saturated carbocycles. The molecule has 0 radical (unpaired) electrons. The van der Waals surface area contributed by atoms with Crippen molar-refractivity contribution in [2.75, 3.05) is 6.61 Å². The van der Waals surface area contributed by atoms with Gasteiger partial charge in [0.2, 0.25) is 0 Å². The summed E-state index contributed by atoms with van der Waals surface area (Å²) >= 11 is 2.89. The van der Waals surface area contributed by atoms with Crippen molar-refractivity contribution in [2.24, 2.45) is 5.92 Å². The molecule has 0 atom stereocenters. The number of hydrogen-bond donors (Lipinski definition) is 0. The van der Waals surface area contributed by atoms with Crippen LogP contribution >= 0.6 is 26.6 Å². The van der Waals surface area contributed by atoms with Crippen molar-refractivity contribution in [1.82, 2.24) is 0 Å². The molecule has 21 heavy (non-hydrogen) atoms. The zero-order chi connectivity index (χ0) is 16.2. The van der Waals surface area contributed by atoms with E-state index < -0.39 is 26.4 Å². The fourth-order valence-corrected chi connectivity index (χ4v) is 3.77. The van der Waals surface area contributed by atoms with Crippen LogP contribution < -0.4 is 0 Å². The Morgan fingerprint density at radius 3 is 2.57 bits per heavy atom. The average Bonchev–Trinajstić information content (AvgIpc) is 2.32. The van der Waals surface area contributed by atoms with Gasteiger partial charge in [-0.15, -0.1) is 0 Å². The molecule has 0 spiro atoms. The third-order valence-corrected chi connectivity index (χ3v) is 4.94. The molecule has 0 saturated heterocycles. The van der Waals surface area contributed by atoms with E-state index in [1.54, 1.807) is 0 Å². The zero-order valence-corrected chi connectivity index (χ0v) is 14.7. The molecule has 118 valence electrons. The average molecular weight is 402 g/mol. The van der Waals surface area contributed by atoms with E-state index >= 15 is 0 Å². The van der Waals surface area contributed by atoms with E-state index in [1.807, 2.05) is 13.8 Å². The molecule has 0 N–H and O–H groups in total. The minimum Gasteiger partial charge on any atom is -0.462 e. The maximum Gasteiger partial charge on any atom is 0.341 e. The highest BCUT2D eigenvalue weighted by Crippen LogP contribution is 2.28. The second kappa shape index (κ2) is 7.56. The number of benzene rings is 1. The van der Waals surface area contributed by atoms with Crippen LogP contribution in [0.25, 0.3) is 0 Å². The molecule has 1 rings (SSSR count). The highest BCUT2D eigenvalue weighted by atomic mass is 79.9. The summed E-state index contributed by atoms with van der Waals surface area (Å²) < 4.78 is 41.3. The largest absolute Gasteiger partial charge is 0.462 e. The summed E-state index contributed by atoms with van der Waals surface area (Å²) in [5.41, 5.74) is -0.457. The number of carbonyl (C=O) groups excluding carboxylic acids is 1. The van der Waals surface area contributed by atoms with Crippen molar-refractivity contribution >= 4 is 41.6 Å². The normalized spacial score (nSPS) is 11.7. The van der Waals surface area contributed by atoms with Crippen LogP contribution in [0.5, 0.6) is 0 Å². The fraction of sp³-hybridized carbons (Fsp3) is 0.462. The van der Waals surface area contributed by atoms with Crippen molar-refractivity contribution in [3.05, 3.63) is 28.0 Å². The Bertz CT molecular complexity index is 631. The molecule has 0 amide bonds. The van der Waals surface area contributed by atoms with Gasteiger partial charge >= 0.3 is 5.97 Å². The first-order valence-corrected chi connectivity index (χ1v) is 9.34. The van der Waals surface area contributed by atoms with Crippen molar-refractivity contribution in [3.8, 4) is 0 Å². The van der Waals surface area contributed by atoms with Crippen LogP contribution in [0.15, 0.2) is 21.5 Å². The van der Waals surface area contributed by atoms with Crippen LogP contribution in [0.1, 0.15) is 37.0 Å². The van der Waals surface area contributed by atoms with Crippen LogP contribution in [0.3, 0.4) is 0 Å². The minimum absolute atomic E-state index is 0.0497. The number of carbonyl (C=O) groups is 1. The lowest BCUT2D eigenvalue weighted by Gasteiger charge is -2.09. The molecule has 0 aliphatic carbocycles. The fourth-order valence-electron chi connectivity index (χ4n) is 1.61. The quantitative estimate of drug-likeness (QED) is 0.409. The van der Waals surface area contributed by atoms with E-state index in [4.69, 9.17) is 15.4 Å². The van der Waals surface area contributed by atoms with Gasteiger partial charge in [0.1, 0.15) is 5.82 Å². The highest BCUT2D eigenvalue weighted by Gasteiger charge is 2.22. The Morgan fingerprint density at radius 1 is 1.43 bits per heavy atom. The van der Waals surface area contributed by atoms with Crippen LogP contribution in [0, 0.1) is 11.7 Å². The molecular weight excluding hydrogens is 387 g/mol. The molecule has 0 unspecified atom stereocenters. The van der Waals surface area contributed by atoms with Gasteiger partial charge in [-0.1, -0.05) is 13.8 Å². The molecule has 1 aromatic carbocycles. The smallest absolute Gasteiger partial charge is 0.341 e. The standard InChI is InChI=1S/C13H15BrClFO4S/c1-8(2)4-3-5-20-13(17)9-6-12(21(15,18)19)10(14)7-11(9)16/h6-8H,3-5H2,1-2H3. The topological polar surface area (TPSA) is 60.4 Å². The van der Waals surface area contributed by atoms with Gasteiger partial charge in [0, 0.05) is 15.2 Å². The first-order chi connectivity index (χ1) is 9.62. The molecule has 1 aromatic rings. The first kappa shape index (κ1) is 18.4. The predicted octanol–water partition coefficient (Wildman–Crippen LogP) is 4.11. The van der Waals surface area contributed by atoms with Crippen LogP contribution in [0.4, 0.5) is 4.39 Å². The predicted molar refractivity (Wildman–Crippen MR) is 81.5 cm³/mol. The van der Waals surface area contributed by atoms with Crippen LogP contribution in [-0.2, 0) is 13.8 Å². The van der Waals surface area contributed by atoms with Crippen molar-refractivity contribution in [1.29, 1.82) is 0 Å². The molecule has 8 heteroatoms. The van der Waals surface area contributed by atoms with E-state index in [-0.39, 0.29) is 16.0 Å². The number of ether oxygens (including phenoxy) is 1. The molecule has 0 heterocycles.